The van der Waals surface area contributed by atoms with E-state index in [1.54, 1.807) is 17.4 Å². The summed E-state index contributed by atoms with van der Waals surface area (Å²) in [5, 5.41) is 3.78. The summed E-state index contributed by atoms with van der Waals surface area (Å²) >= 11 is 3.13. The van der Waals surface area contributed by atoms with Gasteiger partial charge in [0.15, 0.2) is 10.3 Å². The maximum Gasteiger partial charge on any atom is 0.251 e. The standard InChI is InChI=1S/C13H17N5OS2/c1-20-12-15-10(8-11(19)16-12)9-17-3-5-18(6-4-17)13-14-2-7-21-13/h2,7-8H,3-6,9H2,1H3,(H,15,16,19). The second kappa shape index (κ2) is 6.59. The van der Waals surface area contributed by atoms with E-state index in [1.807, 2.05) is 17.8 Å². The zero-order chi connectivity index (χ0) is 14.7. The van der Waals surface area contributed by atoms with Crippen molar-refractivity contribution in [2.24, 2.45) is 0 Å². The van der Waals surface area contributed by atoms with E-state index in [1.165, 1.54) is 11.8 Å². The molecule has 3 rings (SSSR count). The van der Waals surface area contributed by atoms with Crippen LogP contribution in [0.15, 0.2) is 27.6 Å². The molecule has 0 amide bonds. The Hall–Kier alpha value is -1.38. The van der Waals surface area contributed by atoms with Crippen LogP contribution in [0.5, 0.6) is 0 Å². The number of aromatic amines is 1. The lowest BCUT2D eigenvalue weighted by atomic mass is 10.3. The third-order valence-corrected chi connectivity index (χ3v) is 4.83. The van der Waals surface area contributed by atoms with Gasteiger partial charge in [0.25, 0.3) is 5.56 Å². The van der Waals surface area contributed by atoms with E-state index in [2.05, 4.69) is 24.8 Å². The van der Waals surface area contributed by atoms with Crippen LogP contribution in [-0.4, -0.2) is 52.3 Å². The van der Waals surface area contributed by atoms with Gasteiger partial charge in [0.05, 0.1) is 5.69 Å². The summed E-state index contributed by atoms with van der Waals surface area (Å²) in [4.78, 5) is 27.7. The van der Waals surface area contributed by atoms with Crippen LogP contribution in [0, 0.1) is 0 Å². The number of nitrogens with one attached hydrogen (secondary N) is 1. The molecule has 0 bridgehead atoms. The van der Waals surface area contributed by atoms with E-state index >= 15 is 0 Å². The van der Waals surface area contributed by atoms with Crippen LogP contribution in [0.4, 0.5) is 5.13 Å². The number of nitrogens with zero attached hydrogens (tertiary/aromatic N) is 4. The normalized spacial score (nSPS) is 16.3. The fraction of sp³-hybridized carbons (Fsp3) is 0.462. The Balaban J connectivity index is 1.60. The highest BCUT2D eigenvalue weighted by Gasteiger charge is 2.19. The van der Waals surface area contributed by atoms with E-state index in [0.717, 1.165) is 43.5 Å². The van der Waals surface area contributed by atoms with Crippen molar-refractivity contribution in [1.29, 1.82) is 0 Å². The van der Waals surface area contributed by atoms with Crippen molar-refractivity contribution in [3.8, 4) is 0 Å². The minimum absolute atomic E-state index is 0.0780. The third kappa shape index (κ3) is 3.63. The van der Waals surface area contributed by atoms with Gasteiger partial charge in [-0.25, -0.2) is 9.97 Å². The average molecular weight is 323 g/mol. The molecule has 2 aromatic rings. The van der Waals surface area contributed by atoms with Gasteiger partial charge in [0, 0.05) is 50.4 Å². The molecule has 2 aromatic heterocycles. The van der Waals surface area contributed by atoms with E-state index < -0.39 is 0 Å². The van der Waals surface area contributed by atoms with E-state index in [4.69, 9.17) is 0 Å². The fourth-order valence-electron chi connectivity index (χ4n) is 2.36. The molecule has 6 nitrogen and oxygen atoms in total. The Bertz CT molecular complexity index is 634. The predicted molar refractivity (Wildman–Crippen MR) is 86.2 cm³/mol. The van der Waals surface area contributed by atoms with Gasteiger partial charge in [0.1, 0.15) is 0 Å². The molecule has 0 aromatic carbocycles. The molecule has 1 saturated heterocycles. The summed E-state index contributed by atoms with van der Waals surface area (Å²) in [6, 6.07) is 1.59. The van der Waals surface area contributed by atoms with Gasteiger partial charge in [-0.1, -0.05) is 11.8 Å². The van der Waals surface area contributed by atoms with Gasteiger partial charge < -0.3 is 9.88 Å². The first-order valence-electron chi connectivity index (χ1n) is 6.75. The van der Waals surface area contributed by atoms with E-state index in [-0.39, 0.29) is 5.56 Å². The molecule has 21 heavy (non-hydrogen) atoms. The molecule has 112 valence electrons. The minimum Gasteiger partial charge on any atom is -0.346 e. The second-order valence-electron chi connectivity index (χ2n) is 4.82. The Morgan fingerprint density at radius 1 is 1.38 bits per heavy atom. The molecule has 1 fully saturated rings. The number of rotatable bonds is 4. The van der Waals surface area contributed by atoms with Gasteiger partial charge in [-0.05, 0) is 6.26 Å². The number of hydrogen-bond donors (Lipinski definition) is 1. The van der Waals surface area contributed by atoms with Crippen molar-refractivity contribution >= 4 is 28.2 Å². The molecule has 1 N–H and O–H groups in total. The molecular weight excluding hydrogens is 306 g/mol. The lowest BCUT2D eigenvalue weighted by Crippen LogP contribution is -2.46. The maximum absolute atomic E-state index is 11.6. The number of hydrogen-bond acceptors (Lipinski definition) is 7. The van der Waals surface area contributed by atoms with Crippen molar-refractivity contribution < 1.29 is 0 Å². The molecule has 0 atom stereocenters. The Labute approximate surface area is 131 Å². The first-order valence-corrected chi connectivity index (χ1v) is 8.86. The van der Waals surface area contributed by atoms with Crippen molar-refractivity contribution in [3.05, 3.63) is 33.7 Å². The molecule has 0 radical (unpaired) electrons. The van der Waals surface area contributed by atoms with Crippen LogP contribution >= 0.6 is 23.1 Å². The fourth-order valence-corrected chi connectivity index (χ4v) is 3.47. The monoisotopic (exact) mass is 323 g/mol. The largest absolute Gasteiger partial charge is 0.346 e. The molecule has 0 spiro atoms. The van der Waals surface area contributed by atoms with Gasteiger partial charge in [-0.15, -0.1) is 11.3 Å². The molecule has 8 heteroatoms. The van der Waals surface area contributed by atoms with Crippen LogP contribution in [0.25, 0.3) is 0 Å². The van der Waals surface area contributed by atoms with Gasteiger partial charge >= 0.3 is 0 Å². The van der Waals surface area contributed by atoms with Crippen molar-refractivity contribution in [3.63, 3.8) is 0 Å². The molecule has 0 saturated carbocycles. The second-order valence-corrected chi connectivity index (χ2v) is 6.49. The minimum atomic E-state index is -0.0780. The number of H-pyrrole nitrogens is 1. The molecular formula is C13H17N5OS2. The summed E-state index contributed by atoms with van der Waals surface area (Å²) in [6.45, 7) is 4.58. The first-order chi connectivity index (χ1) is 10.2. The van der Waals surface area contributed by atoms with Gasteiger partial charge in [-0.2, -0.15) is 0 Å². The highest BCUT2D eigenvalue weighted by molar-refractivity contribution is 7.98. The van der Waals surface area contributed by atoms with Gasteiger partial charge in [-0.3, -0.25) is 9.69 Å². The van der Waals surface area contributed by atoms with Crippen LogP contribution in [0.2, 0.25) is 0 Å². The summed E-state index contributed by atoms with van der Waals surface area (Å²) in [5.74, 6) is 0. The summed E-state index contributed by atoms with van der Waals surface area (Å²) < 4.78 is 0. The van der Waals surface area contributed by atoms with Crippen LogP contribution in [0.3, 0.4) is 0 Å². The Kier molecular flexibility index (Phi) is 4.57. The number of thioether (sulfide) groups is 1. The van der Waals surface area contributed by atoms with Crippen LogP contribution in [0.1, 0.15) is 5.69 Å². The van der Waals surface area contributed by atoms with Crippen molar-refractivity contribution in [1.82, 2.24) is 19.9 Å². The average Bonchev–Trinajstić information content (AvgIpc) is 3.01. The quantitative estimate of drug-likeness (QED) is 0.675. The Morgan fingerprint density at radius 2 is 2.19 bits per heavy atom. The topological polar surface area (TPSA) is 65.1 Å². The van der Waals surface area contributed by atoms with E-state index in [9.17, 15) is 4.79 Å². The third-order valence-electron chi connectivity index (χ3n) is 3.41. The molecule has 1 aliphatic heterocycles. The zero-order valence-corrected chi connectivity index (χ0v) is 13.4. The molecule has 0 aliphatic carbocycles. The lowest BCUT2D eigenvalue weighted by Gasteiger charge is -2.34. The Morgan fingerprint density at radius 3 is 2.86 bits per heavy atom. The van der Waals surface area contributed by atoms with Crippen molar-refractivity contribution in [2.45, 2.75) is 11.7 Å². The SMILES string of the molecule is CSc1nc(CN2CCN(c3nccs3)CC2)cc(=O)[nH]1. The molecule has 3 heterocycles. The summed E-state index contributed by atoms with van der Waals surface area (Å²) in [5.41, 5.74) is 0.761. The lowest BCUT2D eigenvalue weighted by molar-refractivity contribution is 0.246. The molecule has 1 aliphatic rings. The number of piperazine rings is 1. The number of anilines is 1. The zero-order valence-electron chi connectivity index (χ0n) is 11.8. The van der Waals surface area contributed by atoms with E-state index in [0.29, 0.717) is 5.16 Å². The number of thiazole rings is 1. The molecule has 0 unspecified atom stereocenters. The van der Waals surface area contributed by atoms with Gasteiger partial charge in [0.2, 0.25) is 0 Å². The first kappa shape index (κ1) is 14.6. The van der Waals surface area contributed by atoms with Crippen LogP contribution < -0.4 is 10.5 Å². The maximum atomic E-state index is 11.6. The summed E-state index contributed by atoms with van der Waals surface area (Å²) in [7, 11) is 0. The van der Waals surface area contributed by atoms with Crippen LogP contribution in [-0.2, 0) is 6.54 Å². The van der Waals surface area contributed by atoms with Crippen molar-refractivity contribution in [2.75, 3.05) is 37.3 Å². The summed E-state index contributed by atoms with van der Waals surface area (Å²) in [6.07, 6.45) is 3.76. The predicted octanol–water partition coefficient (Wildman–Crippen LogP) is 1.27. The smallest absolute Gasteiger partial charge is 0.251 e. The highest BCUT2D eigenvalue weighted by atomic mass is 32.2. The number of aromatic nitrogens is 3. The highest BCUT2D eigenvalue weighted by Crippen LogP contribution is 2.19.